The number of rotatable bonds is 9. The smallest absolute Gasteiger partial charge is 0.407 e. The lowest BCUT2D eigenvalue weighted by atomic mass is 10.2. The lowest BCUT2D eigenvalue weighted by Crippen LogP contribution is -2.44. The summed E-state index contributed by atoms with van der Waals surface area (Å²) in [5.74, 6) is -0.807. The predicted molar refractivity (Wildman–Crippen MR) is 117 cm³/mol. The molecule has 0 aromatic heterocycles. The minimum atomic E-state index is -0.707. The van der Waals surface area contributed by atoms with E-state index in [2.05, 4.69) is 10.6 Å². The molecule has 30 heavy (non-hydrogen) atoms. The molecule has 0 unspecified atom stereocenters. The second kappa shape index (κ2) is 12.0. The van der Waals surface area contributed by atoms with Gasteiger partial charge in [-0.15, -0.1) is 0 Å². The largest absolute Gasteiger partial charge is 0.445 e. The van der Waals surface area contributed by atoms with E-state index in [0.29, 0.717) is 28.7 Å². The number of alkyl carbamates (subject to hydrolysis) is 1. The van der Waals surface area contributed by atoms with Gasteiger partial charge in [-0.1, -0.05) is 60.5 Å². The fraction of sp³-hybridized carbons (Fsp3) is 0.286. The average molecular weight is 452 g/mol. The van der Waals surface area contributed by atoms with Crippen molar-refractivity contribution in [1.82, 2.24) is 10.2 Å². The third-order valence-corrected chi connectivity index (χ3v) is 4.53. The van der Waals surface area contributed by atoms with E-state index >= 15 is 0 Å². The van der Waals surface area contributed by atoms with E-state index in [1.807, 2.05) is 37.3 Å². The number of halogens is 2. The zero-order valence-corrected chi connectivity index (χ0v) is 18.0. The first-order chi connectivity index (χ1) is 14.4. The molecule has 0 heterocycles. The van der Waals surface area contributed by atoms with Crippen LogP contribution in [0, 0.1) is 0 Å². The maximum atomic E-state index is 12.4. The van der Waals surface area contributed by atoms with Gasteiger partial charge in [0.05, 0.1) is 17.3 Å². The third kappa shape index (κ3) is 7.93. The van der Waals surface area contributed by atoms with Crippen LogP contribution in [0.15, 0.2) is 48.5 Å². The number of hydrogen-bond acceptors (Lipinski definition) is 4. The average Bonchev–Trinajstić information content (AvgIpc) is 2.73. The highest BCUT2D eigenvalue weighted by Crippen LogP contribution is 2.25. The molecule has 0 spiro atoms. The van der Waals surface area contributed by atoms with Gasteiger partial charge in [0.1, 0.15) is 13.2 Å². The monoisotopic (exact) mass is 451 g/mol. The molecule has 2 N–H and O–H groups in total. The van der Waals surface area contributed by atoms with E-state index in [1.54, 1.807) is 12.1 Å². The number of nitrogens with one attached hydrogen (secondary N) is 2. The highest BCUT2D eigenvalue weighted by atomic mass is 35.5. The summed E-state index contributed by atoms with van der Waals surface area (Å²) in [7, 11) is 0. The van der Waals surface area contributed by atoms with Crippen LogP contribution in [-0.2, 0) is 20.9 Å². The lowest BCUT2D eigenvalue weighted by molar-refractivity contribution is -0.133. The maximum absolute atomic E-state index is 12.4. The molecule has 3 amide bonds. The van der Waals surface area contributed by atoms with E-state index in [4.69, 9.17) is 27.9 Å². The van der Waals surface area contributed by atoms with Crippen molar-refractivity contribution < 1.29 is 19.1 Å². The van der Waals surface area contributed by atoms with Crippen molar-refractivity contribution in [3.63, 3.8) is 0 Å². The summed E-state index contributed by atoms with van der Waals surface area (Å²) in [6.45, 7) is 1.90. The second-order valence-electron chi connectivity index (χ2n) is 6.40. The Balaban J connectivity index is 1.82. The van der Waals surface area contributed by atoms with Crippen LogP contribution in [0.2, 0.25) is 10.0 Å². The van der Waals surface area contributed by atoms with Crippen molar-refractivity contribution in [2.24, 2.45) is 0 Å². The quantitative estimate of drug-likeness (QED) is 0.600. The Morgan fingerprint density at radius 2 is 1.80 bits per heavy atom. The Morgan fingerprint density at radius 1 is 1.07 bits per heavy atom. The SMILES string of the molecule is CCCN(CC(=O)Nc1ccc(Cl)cc1Cl)C(=O)CNC(=O)OCc1ccccc1. The number of carbonyl (C=O) groups excluding carboxylic acids is 3. The van der Waals surface area contributed by atoms with Gasteiger partial charge in [-0.3, -0.25) is 9.59 Å². The number of amides is 3. The molecule has 0 saturated carbocycles. The summed E-state index contributed by atoms with van der Waals surface area (Å²) in [6.07, 6.45) is -0.0554. The fourth-order valence-corrected chi connectivity index (χ4v) is 3.01. The van der Waals surface area contributed by atoms with Gasteiger partial charge in [-0.25, -0.2) is 4.79 Å². The molecule has 160 valence electrons. The van der Waals surface area contributed by atoms with Gasteiger partial charge in [-0.05, 0) is 30.2 Å². The molecule has 0 saturated heterocycles. The van der Waals surface area contributed by atoms with Crippen molar-refractivity contribution in [3.8, 4) is 0 Å². The van der Waals surface area contributed by atoms with Gasteiger partial charge in [0.2, 0.25) is 11.8 Å². The van der Waals surface area contributed by atoms with Crippen LogP contribution in [-0.4, -0.2) is 42.4 Å². The molecule has 0 radical (unpaired) electrons. The van der Waals surface area contributed by atoms with E-state index in [9.17, 15) is 14.4 Å². The van der Waals surface area contributed by atoms with Crippen LogP contribution in [0.25, 0.3) is 0 Å². The van der Waals surface area contributed by atoms with Crippen LogP contribution in [0.5, 0.6) is 0 Å². The number of anilines is 1. The van der Waals surface area contributed by atoms with Crippen LogP contribution in [0.1, 0.15) is 18.9 Å². The first-order valence-corrected chi connectivity index (χ1v) is 10.1. The zero-order chi connectivity index (χ0) is 21.9. The molecule has 2 aromatic rings. The molecule has 2 aromatic carbocycles. The Hall–Kier alpha value is -2.77. The summed E-state index contributed by atoms with van der Waals surface area (Å²) in [6, 6.07) is 13.9. The van der Waals surface area contributed by atoms with Crippen molar-refractivity contribution in [3.05, 3.63) is 64.1 Å². The molecular weight excluding hydrogens is 429 g/mol. The van der Waals surface area contributed by atoms with E-state index in [0.717, 1.165) is 5.56 Å². The van der Waals surface area contributed by atoms with Crippen LogP contribution < -0.4 is 10.6 Å². The summed E-state index contributed by atoms with van der Waals surface area (Å²) in [4.78, 5) is 38.0. The maximum Gasteiger partial charge on any atom is 0.407 e. The Bertz CT molecular complexity index is 878. The van der Waals surface area contributed by atoms with Crippen molar-refractivity contribution in [1.29, 1.82) is 0 Å². The fourth-order valence-electron chi connectivity index (χ4n) is 2.55. The molecule has 0 bridgehead atoms. The van der Waals surface area contributed by atoms with Crippen molar-refractivity contribution >= 4 is 46.8 Å². The first kappa shape index (κ1) is 23.5. The molecule has 0 fully saturated rings. The number of benzene rings is 2. The first-order valence-electron chi connectivity index (χ1n) is 9.36. The van der Waals surface area contributed by atoms with Gasteiger partial charge < -0.3 is 20.3 Å². The molecule has 0 atom stereocenters. The predicted octanol–water partition coefficient (Wildman–Crippen LogP) is 4.10. The second-order valence-corrected chi connectivity index (χ2v) is 7.25. The van der Waals surface area contributed by atoms with Crippen molar-refractivity contribution in [2.45, 2.75) is 20.0 Å². The normalized spacial score (nSPS) is 10.2. The van der Waals surface area contributed by atoms with Gasteiger partial charge in [0, 0.05) is 11.6 Å². The molecule has 0 aliphatic carbocycles. The highest BCUT2D eigenvalue weighted by molar-refractivity contribution is 6.36. The molecule has 9 heteroatoms. The summed E-state index contributed by atoms with van der Waals surface area (Å²) in [5, 5.41) is 5.81. The molecular formula is C21H23Cl2N3O4. The van der Waals surface area contributed by atoms with Gasteiger partial charge in [-0.2, -0.15) is 0 Å². The molecule has 7 nitrogen and oxygen atoms in total. The number of carbonyl (C=O) groups is 3. The number of ether oxygens (including phenoxy) is 1. The Kier molecular flexibility index (Phi) is 9.44. The lowest BCUT2D eigenvalue weighted by Gasteiger charge is -2.22. The summed E-state index contributed by atoms with van der Waals surface area (Å²) < 4.78 is 5.08. The Labute approximate surface area is 185 Å². The van der Waals surface area contributed by atoms with E-state index < -0.39 is 17.9 Å². The third-order valence-electron chi connectivity index (χ3n) is 3.98. The van der Waals surface area contributed by atoms with Crippen molar-refractivity contribution in [2.75, 3.05) is 25.0 Å². The number of nitrogens with zero attached hydrogens (tertiary/aromatic N) is 1. The van der Waals surface area contributed by atoms with E-state index in [1.165, 1.54) is 11.0 Å². The molecule has 0 aliphatic rings. The number of hydrogen-bond donors (Lipinski definition) is 2. The van der Waals surface area contributed by atoms with E-state index in [-0.39, 0.29) is 19.7 Å². The minimum Gasteiger partial charge on any atom is -0.445 e. The Morgan fingerprint density at radius 3 is 2.47 bits per heavy atom. The standard InChI is InChI=1S/C21H23Cl2N3O4/c1-2-10-26(13-19(27)25-18-9-8-16(22)11-17(18)23)20(28)12-24-21(29)30-14-15-6-4-3-5-7-15/h3-9,11H,2,10,12-14H2,1H3,(H,24,29)(H,25,27). The van der Waals surface area contributed by atoms with Crippen LogP contribution in [0.3, 0.4) is 0 Å². The zero-order valence-electron chi connectivity index (χ0n) is 16.5. The molecule has 2 rings (SSSR count). The van der Waals surface area contributed by atoms with Gasteiger partial charge in [0.15, 0.2) is 0 Å². The van der Waals surface area contributed by atoms with Crippen LogP contribution in [0.4, 0.5) is 10.5 Å². The summed E-state index contributed by atoms with van der Waals surface area (Å²) >= 11 is 11.9. The minimum absolute atomic E-state index is 0.101. The van der Waals surface area contributed by atoms with Gasteiger partial charge in [0.25, 0.3) is 0 Å². The molecule has 0 aliphatic heterocycles. The van der Waals surface area contributed by atoms with Gasteiger partial charge >= 0.3 is 6.09 Å². The topological polar surface area (TPSA) is 87.7 Å². The van der Waals surface area contributed by atoms with Crippen LogP contribution >= 0.6 is 23.2 Å². The summed E-state index contributed by atoms with van der Waals surface area (Å²) in [5.41, 5.74) is 1.24. The highest BCUT2D eigenvalue weighted by Gasteiger charge is 2.18.